The summed E-state index contributed by atoms with van der Waals surface area (Å²) in [4.78, 5) is 13.3. The maximum atomic E-state index is 13.3. The van der Waals surface area contributed by atoms with E-state index in [2.05, 4.69) is 19.2 Å². The SMILES string of the molecule is CCCCCCCCCCCCCCCCCCCCCCCCCCCCCCCC/C=C/C(O)C(COC1OC(CO)C(OC2OC(CO)C(OC3OC(CO)C(O)C(O)C3O)C(O)C2O)C(O)C1O)NC(=O)CCCCCCCCCCCCCC. The lowest BCUT2D eigenvalue weighted by Crippen LogP contribution is -2.66. The van der Waals surface area contributed by atoms with Gasteiger partial charge in [0.2, 0.25) is 5.91 Å². The Morgan fingerprint density at radius 2 is 0.697 bits per heavy atom. The highest BCUT2D eigenvalue weighted by atomic mass is 16.8. The van der Waals surface area contributed by atoms with Crippen LogP contribution in [0.5, 0.6) is 0 Å². The van der Waals surface area contributed by atoms with Crippen LogP contribution in [-0.4, -0.2) is 193 Å². The highest BCUT2D eigenvalue weighted by Gasteiger charge is 2.53. The Kier molecular flexibility index (Phi) is 48.5. The Balaban J connectivity index is 1.36. The largest absolute Gasteiger partial charge is 0.394 e. The first-order chi connectivity index (χ1) is 43.3. The van der Waals surface area contributed by atoms with Crippen molar-refractivity contribution in [1.29, 1.82) is 0 Å². The van der Waals surface area contributed by atoms with Gasteiger partial charge in [0.15, 0.2) is 18.9 Å². The third-order valence-electron chi connectivity index (χ3n) is 18.6. The summed E-state index contributed by atoms with van der Waals surface area (Å²) >= 11 is 0. The lowest BCUT2D eigenvalue weighted by Gasteiger charge is -2.48. The maximum Gasteiger partial charge on any atom is 0.220 e. The van der Waals surface area contributed by atoms with Crippen molar-refractivity contribution in [2.24, 2.45) is 0 Å². The molecule has 0 aromatic carbocycles. The molecule has 3 fully saturated rings. The molecule has 17 atom stereocenters. The number of aliphatic hydroxyl groups excluding tert-OH is 11. The number of carbonyl (C=O) groups is 1. The molecule has 12 N–H and O–H groups in total. The summed E-state index contributed by atoms with van der Waals surface area (Å²) in [6, 6.07) is -0.968. The molecule has 0 aromatic rings. The second-order valence-electron chi connectivity index (χ2n) is 26.4. The van der Waals surface area contributed by atoms with E-state index in [-0.39, 0.29) is 18.9 Å². The minimum absolute atomic E-state index is 0.248. The van der Waals surface area contributed by atoms with Crippen LogP contribution in [0.15, 0.2) is 12.2 Å². The van der Waals surface area contributed by atoms with Crippen LogP contribution in [0.25, 0.3) is 0 Å². The first-order valence-electron chi connectivity index (χ1n) is 36.4. The summed E-state index contributed by atoms with van der Waals surface area (Å²) in [5, 5.41) is 120. The summed E-state index contributed by atoms with van der Waals surface area (Å²) < 4.78 is 34.3. The standard InChI is InChI=1S/C70H133NO18/c1-3-5-7-9-11-13-15-17-18-19-20-21-22-23-24-25-26-27-28-29-30-31-32-33-34-35-36-37-39-41-43-45-47-54(75)53(71-58(76)48-46-44-42-40-38-16-14-12-10-8-6-4-2)52-84-68-64(82)61(79)66(56(50-73)86-68)89-70-65(83)62(80)67(57(51-74)87-70)88-69-63(81)60(78)59(77)55(49-72)85-69/h45,47,53-57,59-70,72-75,77-83H,3-44,46,48-52H2,1-2H3,(H,71,76)/b47-45+. The second-order valence-corrected chi connectivity index (χ2v) is 26.4. The van der Waals surface area contributed by atoms with Gasteiger partial charge in [-0.15, -0.1) is 0 Å². The topological polar surface area (TPSA) is 307 Å². The molecule has 0 saturated carbocycles. The quantitative estimate of drug-likeness (QED) is 0.0199. The van der Waals surface area contributed by atoms with Crippen LogP contribution in [0.4, 0.5) is 0 Å². The number of carbonyl (C=O) groups excluding carboxylic acids is 1. The molecule has 1 amide bonds. The Labute approximate surface area is 537 Å². The van der Waals surface area contributed by atoms with Gasteiger partial charge < -0.3 is 89.9 Å². The molecule has 0 aromatic heterocycles. The van der Waals surface area contributed by atoms with Gasteiger partial charge in [-0.2, -0.15) is 0 Å². The van der Waals surface area contributed by atoms with Gasteiger partial charge in [-0.1, -0.05) is 283 Å². The highest BCUT2D eigenvalue weighted by Crippen LogP contribution is 2.33. The van der Waals surface area contributed by atoms with E-state index in [1.807, 2.05) is 6.08 Å². The van der Waals surface area contributed by atoms with Crippen molar-refractivity contribution >= 4 is 5.91 Å². The number of hydrogen-bond donors (Lipinski definition) is 12. The fraction of sp³-hybridized carbons (Fsp3) is 0.957. The smallest absolute Gasteiger partial charge is 0.220 e. The second kappa shape index (κ2) is 52.8. The molecule has 526 valence electrons. The number of rotatable bonds is 57. The van der Waals surface area contributed by atoms with Crippen molar-refractivity contribution in [3.8, 4) is 0 Å². The zero-order valence-corrected chi connectivity index (χ0v) is 55.7. The number of nitrogens with one attached hydrogen (secondary N) is 1. The predicted octanol–water partition coefficient (Wildman–Crippen LogP) is 10.1. The van der Waals surface area contributed by atoms with Crippen molar-refractivity contribution < 1.29 is 89.4 Å². The Hall–Kier alpha value is -1.47. The van der Waals surface area contributed by atoms with Gasteiger partial charge in [0, 0.05) is 6.42 Å². The first kappa shape index (κ1) is 81.8. The Morgan fingerprint density at radius 1 is 0.393 bits per heavy atom. The molecular weight excluding hydrogens is 1140 g/mol. The lowest BCUT2D eigenvalue weighted by atomic mass is 9.96. The van der Waals surface area contributed by atoms with Gasteiger partial charge >= 0.3 is 0 Å². The van der Waals surface area contributed by atoms with Crippen LogP contribution in [-0.2, 0) is 33.2 Å². The van der Waals surface area contributed by atoms with Crippen LogP contribution in [0.3, 0.4) is 0 Å². The fourth-order valence-electron chi connectivity index (χ4n) is 12.7. The van der Waals surface area contributed by atoms with Gasteiger partial charge in [-0.05, 0) is 19.3 Å². The van der Waals surface area contributed by atoms with Crippen LogP contribution < -0.4 is 5.32 Å². The summed E-state index contributed by atoms with van der Waals surface area (Å²) in [5.74, 6) is -0.272. The summed E-state index contributed by atoms with van der Waals surface area (Å²) in [5.41, 5.74) is 0. The van der Waals surface area contributed by atoms with E-state index in [9.17, 15) is 61.0 Å². The normalized spacial score (nSPS) is 28.2. The van der Waals surface area contributed by atoms with E-state index in [1.165, 1.54) is 225 Å². The van der Waals surface area contributed by atoms with Gasteiger partial charge in [-0.3, -0.25) is 4.79 Å². The van der Waals surface area contributed by atoms with Crippen molar-refractivity contribution in [1.82, 2.24) is 5.32 Å². The molecule has 89 heavy (non-hydrogen) atoms. The van der Waals surface area contributed by atoms with Crippen LogP contribution in [0.2, 0.25) is 0 Å². The molecule has 3 heterocycles. The Morgan fingerprint density at radius 3 is 1.06 bits per heavy atom. The number of hydrogen-bond acceptors (Lipinski definition) is 18. The minimum Gasteiger partial charge on any atom is -0.394 e. The number of allylic oxidation sites excluding steroid dienone is 1. The number of unbranched alkanes of at least 4 members (excludes halogenated alkanes) is 41. The molecular formula is C70H133NO18. The molecule has 0 bridgehead atoms. The molecule has 0 aliphatic carbocycles. The molecule has 17 unspecified atom stereocenters. The van der Waals surface area contributed by atoms with E-state index in [4.69, 9.17) is 28.4 Å². The summed E-state index contributed by atoms with van der Waals surface area (Å²) in [6.45, 7) is 1.76. The molecule has 3 aliphatic heterocycles. The van der Waals surface area contributed by atoms with E-state index in [0.29, 0.717) is 6.42 Å². The fourth-order valence-corrected chi connectivity index (χ4v) is 12.7. The predicted molar refractivity (Wildman–Crippen MR) is 347 cm³/mol. The van der Waals surface area contributed by atoms with E-state index in [1.54, 1.807) is 6.08 Å². The van der Waals surface area contributed by atoms with Crippen LogP contribution in [0.1, 0.15) is 296 Å². The molecule has 19 heteroatoms. The van der Waals surface area contributed by atoms with E-state index < -0.39 is 124 Å². The van der Waals surface area contributed by atoms with E-state index >= 15 is 0 Å². The monoisotopic (exact) mass is 1280 g/mol. The molecule has 0 radical (unpaired) electrons. The van der Waals surface area contributed by atoms with Crippen molar-refractivity contribution in [2.45, 2.75) is 401 Å². The number of amides is 1. The highest BCUT2D eigenvalue weighted by molar-refractivity contribution is 5.76. The first-order valence-corrected chi connectivity index (χ1v) is 36.4. The van der Waals surface area contributed by atoms with Gasteiger partial charge in [-0.25, -0.2) is 0 Å². The number of aliphatic hydroxyl groups is 11. The van der Waals surface area contributed by atoms with Crippen LogP contribution in [0, 0.1) is 0 Å². The lowest BCUT2D eigenvalue weighted by molar-refractivity contribution is -0.379. The van der Waals surface area contributed by atoms with Gasteiger partial charge in [0.1, 0.15) is 73.2 Å². The molecule has 0 spiro atoms. The van der Waals surface area contributed by atoms with E-state index in [0.717, 1.165) is 44.9 Å². The van der Waals surface area contributed by atoms with Gasteiger partial charge in [0.05, 0.1) is 38.6 Å². The average molecular weight is 1280 g/mol. The molecule has 3 rings (SSSR count). The van der Waals surface area contributed by atoms with Crippen LogP contribution >= 0.6 is 0 Å². The maximum absolute atomic E-state index is 13.3. The molecule has 3 aliphatic rings. The van der Waals surface area contributed by atoms with Crippen molar-refractivity contribution in [3.63, 3.8) is 0 Å². The zero-order chi connectivity index (χ0) is 64.7. The third-order valence-corrected chi connectivity index (χ3v) is 18.6. The van der Waals surface area contributed by atoms with Crippen molar-refractivity contribution in [2.75, 3.05) is 26.4 Å². The molecule has 3 saturated heterocycles. The minimum atomic E-state index is -1.98. The van der Waals surface area contributed by atoms with Gasteiger partial charge in [0.25, 0.3) is 0 Å². The summed E-state index contributed by atoms with van der Waals surface area (Å²) in [6.07, 6.45) is 32.2. The average Bonchev–Trinajstić information content (AvgIpc) is 1.24. The van der Waals surface area contributed by atoms with Crippen molar-refractivity contribution in [3.05, 3.63) is 12.2 Å². The zero-order valence-electron chi connectivity index (χ0n) is 55.7. The number of ether oxygens (including phenoxy) is 6. The summed E-state index contributed by atoms with van der Waals surface area (Å²) in [7, 11) is 0. The third kappa shape index (κ3) is 34.7. The molecule has 19 nitrogen and oxygen atoms in total. The Bertz CT molecular complexity index is 1670.